The van der Waals surface area contributed by atoms with Gasteiger partial charge in [-0.1, -0.05) is 48.5 Å². The molecule has 0 spiro atoms. The van der Waals surface area contributed by atoms with Gasteiger partial charge >= 0.3 is 0 Å². The standard InChI is InChI=1S/C25H25N5O4S/c1-35(33,34)30(15-22(27)31)19-6-4-5-18(13-19)28-24(17-11-9-16(14-26)10-12-17)23-20-7-2-3-8-21(20)29-25(23)32/h2-13,28H,14-15,26H2,1H3,(H2,27,31)(H,29,32). The van der Waals surface area contributed by atoms with Crippen molar-refractivity contribution in [1.82, 2.24) is 0 Å². The maximum Gasteiger partial charge on any atom is 0.258 e. The zero-order chi connectivity index (χ0) is 25.2. The number of amides is 2. The fourth-order valence-electron chi connectivity index (χ4n) is 3.88. The van der Waals surface area contributed by atoms with E-state index in [9.17, 15) is 18.0 Å². The Labute approximate surface area is 203 Å². The van der Waals surface area contributed by atoms with E-state index in [1.807, 2.05) is 48.5 Å². The lowest BCUT2D eigenvalue weighted by Gasteiger charge is -2.22. The molecule has 0 fully saturated rings. The summed E-state index contributed by atoms with van der Waals surface area (Å²) in [6.45, 7) is -0.112. The average Bonchev–Trinajstić information content (AvgIpc) is 3.16. The molecule has 10 heteroatoms. The smallest absolute Gasteiger partial charge is 0.258 e. The van der Waals surface area contributed by atoms with E-state index in [4.69, 9.17) is 11.5 Å². The van der Waals surface area contributed by atoms with Gasteiger partial charge in [0.2, 0.25) is 15.9 Å². The topological polar surface area (TPSA) is 148 Å². The van der Waals surface area contributed by atoms with Crippen LogP contribution in [0.1, 0.15) is 16.7 Å². The van der Waals surface area contributed by atoms with Gasteiger partial charge in [-0.05, 0) is 35.4 Å². The van der Waals surface area contributed by atoms with Gasteiger partial charge < -0.3 is 22.1 Å². The van der Waals surface area contributed by atoms with Crippen LogP contribution in [0, 0.1) is 0 Å². The predicted octanol–water partition coefficient (Wildman–Crippen LogP) is 2.33. The summed E-state index contributed by atoms with van der Waals surface area (Å²) in [7, 11) is -3.77. The highest BCUT2D eigenvalue weighted by Gasteiger charge is 2.28. The average molecular weight is 492 g/mol. The summed E-state index contributed by atoms with van der Waals surface area (Å²) in [6, 6.07) is 21.4. The summed E-state index contributed by atoms with van der Waals surface area (Å²) in [5.41, 5.74) is 15.9. The Morgan fingerprint density at radius 3 is 2.40 bits per heavy atom. The van der Waals surface area contributed by atoms with Crippen molar-refractivity contribution >= 4 is 50.2 Å². The number of nitrogens with two attached hydrogens (primary N) is 2. The molecule has 0 bridgehead atoms. The normalized spacial score (nSPS) is 14.2. The third-order valence-corrected chi connectivity index (χ3v) is 6.64. The van der Waals surface area contributed by atoms with E-state index in [2.05, 4.69) is 10.6 Å². The van der Waals surface area contributed by atoms with Crippen LogP contribution in [0.15, 0.2) is 72.8 Å². The van der Waals surface area contributed by atoms with Gasteiger partial charge in [-0.2, -0.15) is 0 Å². The number of primary amides is 1. The minimum Gasteiger partial charge on any atom is -0.368 e. The number of rotatable bonds is 8. The van der Waals surface area contributed by atoms with E-state index in [-0.39, 0.29) is 11.6 Å². The molecule has 9 nitrogen and oxygen atoms in total. The highest BCUT2D eigenvalue weighted by atomic mass is 32.2. The number of nitrogens with zero attached hydrogens (tertiary/aromatic N) is 1. The lowest BCUT2D eigenvalue weighted by atomic mass is 9.99. The number of benzene rings is 3. The van der Waals surface area contributed by atoms with E-state index in [0.29, 0.717) is 29.2 Å². The van der Waals surface area contributed by atoms with Crippen LogP contribution in [-0.4, -0.2) is 33.0 Å². The molecule has 0 radical (unpaired) electrons. The number of para-hydroxylation sites is 1. The molecule has 3 aromatic rings. The fourth-order valence-corrected chi connectivity index (χ4v) is 4.73. The molecule has 0 aliphatic carbocycles. The first-order valence-corrected chi connectivity index (χ1v) is 12.6. The molecule has 0 aromatic heterocycles. The Morgan fingerprint density at radius 2 is 1.74 bits per heavy atom. The summed E-state index contributed by atoms with van der Waals surface area (Å²) < 4.78 is 25.5. The van der Waals surface area contributed by atoms with Crippen molar-refractivity contribution in [2.75, 3.05) is 27.7 Å². The molecule has 3 aromatic carbocycles. The van der Waals surface area contributed by atoms with Crippen molar-refractivity contribution in [2.45, 2.75) is 6.54 Å². The number of nitrogens with one attached hydrogen (secondary N) is 2. The number of sulfonamides is 1. The van der Waals surface area contributed by atoms with Crippen LogP contribution in [0.4, 0.5) is 17.1 Å². The van der Waals surface area contributed by atoms with E-state index >= 15 is 0 Å². The molecule has 0 saturated heterocycles. The molecule has 4 rings (SSSR count). The van der Waals surface area contributed by atoms with Gasteiger partial charge in [-0.15, -0.1) is 0 Å². The van der Waals surface area contributed by atoms with Gasteiger partial charge in [0.1, 0.15) is 6.54 Å². The van der Waals surface area contributed by atoms with Gasteiger partial charge in [0.15, 0.2) is 0 Å². The van der Waals surface area contributed by atoms with E-state index in [1.165, 1.54) is 0 Å². The molecular weight excluding hydrogens is 466 g/mol. The molecule has 1 heterocycles. The van der Waals surface area contributed by atoms with Crippen LogP contribution in [0.3, 0.4) is 0 Å². The summed E-state index contributed by atoms with van der Waals surface area (Å²) in [4.78, 5) is 24.5. The van der Waals surface area contributed by atoms with Crippen LogP contribution >= 0.6 is 0 Å². The second-order valence-corrected chi connectivity index (χ2v) is 9.97. The van der Waals surface area contributed by atoms with E-state index < -0.39 is 22.5 Å². The molecule has 0 atom stereocenters. The van der Waals surface area contributed by atoms with Crippen molar-refractivity contribution in [3.63, 3.8) is 0 Å². The summed E-state index contributed by atoms with van der Waals surface area (Å²) in [5, 5.41) is 6.18. The van der Waals surface area contributed by atoms with Crippen molar-refractivity contribution in [3.8, 4) is 0 Å². The first-order chi connectivity index (χ1) is 16.7. The van der Waals surface area contributed by atoms with Gasteiger partial charge in [-0.3, -0.25) is 13.9 Å². The van der Waals surface area contributed by atoms with Gasteiger partial charge in [0, 0.05) is 23.5 Å². The lowest BCUT2D eigenvalue weighted by Crippen LogP contribution is -2.37. The number of carbonyl (C=O) groups excluding carboxylic acids is 2. The number of anilines is 3. The van der Waals surface area contributed by atoms with Crippen molar-refractivity contribution in [1.29, 1.82) is 0 Å². The zero-order valence-electron chi connectivity index (χ0n) is 19.0. The SMILES string of the molecule is CS(=O)(=O)N(CC(N)=O)c1cccc(NC(=C2C(=O)Nc3ccccc32)c2ccc(CN)cc2)c1. The summed E-state index contributed by atoms with van der Waals surface area (Å²) in [5.74, 6) is -1.05. The first kappa shape index (κ1) is 24.0. The summed E-state index contributed by atoms with van der Waals surface area (Å²) in [6.07, 6.45) is 1.00. The second-order valence-electron chi connectivity index (χ2n) is 8.06. The molecule has 6 N–H and O–H groups in total. The zero-order valence-corrected chi connectivity index (χ0v) is 19.8. The second kappa shape index (κ2) is 9.61. The van der Waals surface area contributed by atoms with E-state index in [0.717, 1.165) is 27.3 Å². The van der Waals surface area contributed by atoms with Crippen molar-refractivity contribution in [2.24, 2.45) is 11.5 Å². The van der Waals surface area contributed by atoms with Crippen LogP contribution in [0.5, 0.6) is 0 Å². The Morgan fingerprint density at radius 1 is 1.03 bits per heavy atom. The highest BCUT2D eigenvalue weighted by molar-refractivity contribution is 7.92. The van der Waals surface area contributed by atoms with Gasteiger partial charge in [-0.25, -0.2) is 8.42 Å². The number of carbonyl (C=O) groups is 2. The third-order valence-electron chi connectivity index (χ3n) is 5.50. The van der Waals surface area contributed by atoms with Crippen molar-refractivity contribution < 1.29 is 18.0 Å². The maximum absolute atomic E-state index is 13.0. The molecule has 180 valence electrons. The first-order valence-electron chi connectivity index (χ1n) is 10.7. The maximum atomic E-state index is 13.0. The minimum atomic E-state index is -3.77. The molecule has 0 unspecified atom stereocenters. The van der Waals surface area contributed by atoms with Crippen LogP contribution in [0.2, 0.25) is 0 Å². The van der Waals surface area contributed by atoms with Crippen LogP contribution in [-0.2, 0) is 26.2 Å². The Hall–Kier alpha value is -4.15. The molecule has 1 aliphatic rings. The molecule has 1 aliphatic heterocycles. The molecular formula is C25H25N5O4S. The Kier molecular flexibility index (Phi) is 6.59. The highest BCUT2D eigenvalue weighted by Crippen LogP contribution is 2.37. The van der Waals surface area contributed by atoms with Crippen LogP contribution in [0.25, 0.3) is 11.3 Å². The van der Waals surface area contributed by atoms with Gasteiger partial charge in [0.05, 0.1) is 23.2 Å². The Bertz CT molecular complexity index is 1430. The molecule has 2 amide bonds. The van der Waals surface area contributed by atoms with Crippen molar-refractivity contribution in [3.05, 3.63) is 89.5 Å². The molecule has 0 saturated carbocycles. The number of hydrogen-bond acceptors (Lipinski definition) is 6. The van der Waals surface area contributed by atoms with Gasteiger partial charge in [0.25, 0.3) is 5.91 Å². The van der Waals surface area contributed by atoms with E-state index in [1.54, 1.807) is 24.3 Å². The Balaban J connectivity index is 1.83. The third kappa shape index (κ3) is 5.18. The predicted molar refractivity (Wildman–Crippen MR) is 138 cm³/mol. The monoisotopic (exact) mass is 491 g/mol. The number of fused-ring (bicyclic) bond motifs is 1. The quantitative estimate of drug-likeness (QED) is 0.356. The lowest BCUT2D eigenvalue weighted by molar-refractivity contribution is -0.116. The molecule has 35 heavy (non-hydrogen) atoms. The summed E-state index contributed by atoms with van der Waals surface area (Å²) >= 11 is 0. The number of hydrogen-bond donors (Lipinski definition) is 4. The minimum absolute atomic E-state index is 0.260. The van der Waals surface area contributed by atoms with Crippen LogP contribution < -0.4 is 26.4 Å². The largest absolute Gasteiger partial charge is 0.368 e. The fraction of sp³-hybridized carbons (Fsp3) is 0.120.